The number of carboxylic acid groups (broad SMARTS) is 1. The number of carbonyl (C=O) groups excluding carboxylic acids is 1. The van der Waals surface area contributed by atoms with E-state index >= 15 is 0 Å². The smallest absolute Gasteiger partial charge is 0.321 e. The van der Waals surface area contributed by atoms with Gasteiger partial charge in [0.2, 0.25) is 0 Å². The van der Waals surface area contributed by atoms with Gasteiger partial charge in [-0.2, -0.15) is 0 Å². The maximum Gasteiger partial charge on any atom is 0.321 e. The van der Waals surface area contributed by atoms with Crippen molar-refractivity contribution in [2.45, 2.75) is 19.8 Å². The number of benzene rings is 1. The third kappa shape index (κ3) is 3.41. The van der Waals surface area contributed by atoms with Crippen LogP contribution >= 0.6 is 23.2 Å². The van der Waals surface area contributed by atoms with E-state index in [9.17, 15) is 14.7 Å². The summed E-state index contributed by atoms with van der Waals surface area (Å²) in [5.41, 5.74) is -0.495. The molecular weight excluding hydrogens is 315 g/mol. The number of likely N-dealkylation sites (tertiary alicyclic amines) is 1. The van der Waals surface area contributed by atoms with Gasteiger partial charge < -0.3 is 15.3 Å². The second kappa shape index (κ2) is 6.12. The van der Waals surface area contributed by atoms with E-state index in [0.717, 1.165) is 0 Å². The minimum Gasteiger partial charge on any atom is -0.481 e. The first-order valence-electron chi connectivity index (χ1n) is 6.57. The largest absolute Gasteiger partial charge is 0.481 e. The Balaban J connectivity index is 2.10. The van der Waals surface area contributed by atoms with Crippen molar-refractivity contribution < 1.29 is 14.7 Å². The molecule has 1 atom stereocenters. The van der Waals surface area contributed by atoms with Gasteiger partial charge in [-0.1, -0.05) is 29.3 Å². The summed E-state index contributed by atoms with van der Waals surface area (Å²) in [7, 11) is 0. The molecule has 0 aliphatic carbocycles. The number of anilines is 1. The Kier molecular flexibility index (Phi) is 4.64. The first kappa shape index (κ1) is 15.9. The van der Waals surface area contributed by atoms with Crippen LogP contribution in [-0.2, 0) is 4.79 Å². The molecule has 1 aliphatic rings. The summed E-state index contributed by atoms with van der Waals surface area (Å²) < 4.78 is 0. The van der Waals surface area contributed by atoms with Gasteiger partial charge in [0.25, 0.3) is 0 Å². The lowest BCUT2D eigenvalue weighted by molar-refractivity contribution is -0.150. The molecule has 0 saturated carbocycles. The van der Waals surface area contributed by atoms with Crippen molar-refractivity contribution in [1.82, 2.24) is 4.90 Å². The van der Waals surface area contributed by atoms with E-state index in [1.54, 1.807) is 25.1 Å². The van der Waals surface area contributed by atoms with Crippen molar-refractivity contribution in [3.05, 3.63) is 28.2 Å². The van der Waals surface area contributed by atoms with Crippen LogP contribution in [0.25, 0.3) is 0 Å². The molecule has 1 aliphatic heterocycles. The fourth-order valence-electron chi connectivity index (χ4n) is 2.38. The average Bonchev–Trinajstić information content (AvgIpc) is 2.43. The standard InChI is InChI=1S/C14H16Cl2N2O3/c1-14(12(19)20)6-3-7-18(8-14)13(21)17-10-5-2-4-9(15)11(10)16/h2,4-5H,3,6-8H2,1H3,(H,17,21)(H,19,20). The number of nitrogens with one attached hydrogen (secondary N) is 1. The average molecular weight is 331 g/mol. The Morgan fingerprint density at radius 1 is 1.38 bits per heavy atom. The SMILES string of the molecule is CC1(C(=O)O)CCCN(C(=O)Nc2cccc(Cl)c2Cl)C1. The van der Waals surface area contributed by atoms with E-state index in [2.05, 4.69) is 5.32 Å². The Hall–Kier alpha value is -1.46. The minimum absolute atomic E-state index is 0.173. The van der Waals surface area contributed by atoms with Gasteiger partial charge in [-0.05, 0) is 31.9 Å². The summed E-state index contributed by atoms with van der Waals surface area (Å²) in [5, 5.41) is 12.6. The summed E-state index contributed by atoms with van der Waals surface area (Å²) in [6.45, 7) is 2.35. The molecule has 0 spiro atoms. The Bertz CT molecular complexity index is 579. The third-order valence-corrected chi connectivity index (χ3v) is 4.51. The molecule has 0 aromatic heterocycles. The summed E-state index contributed by atoms with van der Waals surface area (Å²) in [6, 6.07) is 4.59. The molecule has 1 heterocycles. The molecule has 2 amide bonds. The fraction of sp³-hybridized carbons (Fsp3) is 0.429. The van der Waals surface area contributed by atoms with Gasteiger partial charge in [-0.15, -0.1) is 0 Å². The van der Waals surface area contributed by atoms with Crippen molar-refractivity contribution in [2.75, 3.05) is 18.4 Å². The first-order valence-corrected chi connectivity index (χ1v) is 7.32. The molecule has 1 saturated heterocycles. The van der Waals surface area contributed by atoms with E-state index in [0.29, 0.717) is 30.1 Å². The number of aliphatic carboxylic acids is 1. The highest BCUT2D eigenvalue weighted by Crippen LogP contribution is 2.32. The van der Waals surface area contributed by atoms with Crippen LogP contribution in [0, 0.1) is 5.41 Å². The second-order valence-corrected chi connectivity index (χ2v) is 6.21. The molecule has 1 fully saturated rings. The fourth-order valence-corrected chi connectivity index (χ4v) is 2.73. The normalized spacial score (nSPS) is 22.0. The molecule has 1 aromatic carbocycles. The lowest BCUT2D eigenvalue weighted by Gasteiger charge is -2.37. The van der Waals surface area contributed by atoms with E-state index in [1.165, 1.54) is 4.90 Å². The van der Waals surface area contributed by atoms with Crippen LogP contribution in [-0.4, -0.2) is 35.1 Å². The number of hydrogen-bond donors (Lipinski definition) is 2. The highest BCUT2D eigenvalue weighted by molar-refractivity contribution is 6.43. The number of hydrogen-bond acceptors (Lipinski definition) is 2. The molecule has 0 radical (unpaired) electrons. The number of carbonyl (C=O) groups is 2. The van der Waals surface area contributed by atoms with Crippen molar-refractivity contribution >= 4 is 40.9 Å². The lowest BCUT2D eigenvalue weighted by atomic mass is 9.82. The Morgan fingerprint density at radius 3 is 2.76 bits per heavy atom. The van der Waals surface area contributed by atoms with E-state index in [-0.39, 0.29) is 17.6 Å². The van der Waals surface area contributed by atoms with Crippen molar-refractivity contribution in [1.29, 1.82) is 0 Å². The number of nitrogens with zero attached hydrogens (tertiary/aromatic N) is 1. The van der Waals surface area contributed by atoms with Crippen LogP contribution in [0.4, 0.5) is 10.5 Å². The van der Waals surface area contributed by atoms with Crippen LogP contribution in [0.1, 0.15) is 19.8 Å². The van der Waals surface area contributed by atoms with Gasteiger partial charge in [-0.25, -0.2) is 4.79 Å². The second-order valence-electron chi connectivity index (χ2n) is 5.42. The number of amides is 2. The minimum atomic E-state index is -0.909. The summed E-state index contributed by atoms with van der Waals surface area (Å²) in [4.78, 5) is 25.1. The molecule has 114 valence electrons. The maximum absolute atomic E-state index is 12.3. The van der Waals surface area contributed by atoms with E-state index < -0.39 is 11.4 Å². The Morgan fingerprint density at radius 2 is 2.10 bits per heavy atom. The van der Waals surface area contributed by atoms with Gasteiger partial charge in [0.1, 0.15) is 0 Å². The van der Waals surface area contributed by atoms with Crippen molar-refractivity contribution in [3.63, 3.8) is 0 Å². The topological polar surface area (TPSA) is 69.6 Å². The van der Waals surface area contributed by atoms with Gasteiger partial charge >= 0.3 is 12.0 Å². The molecule has 21 heavy (non-hydrogen) atoms. The highest BCUT2D eigenvalue weighted by Gasteiger charge is 2.39. The zero-order valence-corrected chi connectivity index (χ0v) is 13.0. The number of piperidine rings is 1. The lowest BCUT2D eigenvalue weighted by Crippen LogP contribution is -2.49. The van der Waals surface area contributed by atoms with Gasteiger partial charge in [0.15, 0.2) is 0 Å². The predicted molar refractivity (Wildman–Crippen MR) is 82.0 cm³/mol. The highest BCUT2D eigenvalue weighted by atomic mass is 35.5. The number of urea groups is 1. The van der Waals surface area contributed by atoms with Crippen LogP contribution in [0.5, 0.6) is 0 Å². The van der Waals surface area contributed by atoms with Crippen LogP contribution in [0.2, 0.25) is 10.0 Å². The predicted octanol–water partition coefficient (Wildman–Crippen LogP) is 3.71. The zero-order valence-electron chi connectivity index (χ0n) is 11.5. The molecule has 7 heteroatoms. The quantitative estimate of drug-likeness (QED) is 0.868. The van der Waals surface area contributed by atoms with E-state index in [4.69, 9.17) is 23.2 Å². The molecule has 2 rings (SSSR count). The molecule has 0 bridgehead atoms. The number of carboxylic acids is 1. The molecular formula is C14H16Cl2N2O3. The maximum atomic E-state index is 12.3. The molecule has 1 unspecified atom stereocenters. The molecule has 5 nitrogen and oxygen atoms in total. The van der Waals surface area contributed by atoms with Crippen molar-refractivity contribution in [3.8, 4) is 0 Å². The van der Waals surface area contributed by atoms with E-state index in [1.807, 2.05) is 0 Å². The summed E-state index contributed by atoms with van der Waals surface area (Å²) in [5.74, 6) is -0.888. The molecule has 1 aromatic rings. The summed E-state index contributed by atoms with van der Waals surface area (Å²) >= 11 is 11.9. The van der Waals surface area contributed by atoms with Gasteiger partial charge in [0.05, 0.1) is 21.1 Å². The van der Waals surface area contributed by atoms with Crippen LogP contribution in [0.3, 0.4) is 0 Å². The van der Waals surface area contributed by atoms with Crippen LogP contribution < -0.4 is 5.32 Å². The van der Waals surface area contributed by atoms with Crippen molar-refractivity contribution in [2.24, 2.45) is 5.41 Å². The number of halogens is 2. The monoisotopic (exact) mass is 330 g/mol. The summed E-state index contributed by atoms with van der Waals surface area (Å²) in [6.07, 6.45) is 1.21. The first-order chi connectivity index (χ1) is 9.83. The van der Waals surface area contributed by atoms with Gasteiger partial charge in [-0.3, -0.25) is 4.79 Å². The third-order valence-electron chi connectivity index (χ3n) is 3.69. The molecule has 2 N–H and O–H groups in total. The zero-order chi connectivity index (χ0) is 15.6. The van der Waals surface area contributed by atoms with Crippen LogP contribution in [0.15, 0.2) is 18.2 Å². The van der Waals surface area contributed by atoms with Gasteiger partial charge in [0, 0.05) is 13.1 Å². The number of rotatable bonds is 2. The Labute approximate surface area is 132 Å².